The number of hydrogen-bond donors (Lipinski definition) is 0. The van der Waals surface area contributed by atoms with Gasteiger partial charge in [-0.05, 0) is 44.2 Å². The molecule has 4 rings (SSSR count). The Bertz CT molecular complexity index is 902. The summed E-state index contributed by atoms with van der Waals surface area (Å²) in [5, 5.41) is 3.72. The molecule has 0 spiro atoms. The van der Waals surface area contributed by atoms with E-state index in [0.29, 0.717) is 23.9 Å². The molecule has 1 aromatic heterocycles. The molecule has 2 aliphatic rings. The van der Waals surface area contributed by atoms with Crippen LogP contribution in [0.4, 0.5) is 8.78 Å². The predicted octanol–water partition coefficient (Wildman–Crippen LogP) is 3.45. The fourth-order valence-electron chi connectivity index (χ4n) is 4.90. The third-order valence-corrected chi connectivity index (χ3v) is 6.05. The van der Waals surface area contributed by atoms with Crippen LogP contribution in [0.1, 0.15) is 48.8 Å². The topological polar surface area (TPSA) is 64.4 Å². The number of amides is 1. The summed E-state index contributed by atoms with van der Waals surface area (Å²) in [6.45, 7) is -0.774. The van der Waals surface area contributed by atoms with Crippen LogP contribution >= 0.6 is 0 Å². The molecule has 2 aromatic rings. The molecule has 0 N–H and O–H groups in total. The number of fused-ring (bicyclic) bond motifs is 2. The highest BCUT2D eigenvalue weighted by Crippen LogP contribution is 2.52. The van der Waals surface area contributed by atoms with Crippen molar-refractivity contribution in [2.24, 2.45) is 5.41 Å². The zero-order valence-electron chi connectivity index (χ0n) is 16.1. The Balaban J connectivity index is 1.66. The van der Waals surface area contributed by atoms with Gasteiger partial charge >= 0.3 is 12.5 Å². The number of ether oxygens (including phenoxy) is 1. The smallest absolute Gasteiger partial charge is 0.333 e. The predicted molar refractivity (Wildman–Crippen MR) is 100 cm³/mol. The Morgan fingerprint density at radius 3 is 2.66 bits per heavy atom. The number of hydrogen-bond acceptors (Lipinski definition) is 4. The average Bonchev–Trinajstić information content (AvgIpc) is 3.42. The van der Waals surface area contributed by atoms with Crippen molar-refractivity contribution < 1.29 is 23.1 Å². The summed E-state index contributed by atoms with van der Waals surface area (Å²) in [6.07, 6.45) is 3.54. The molecule has 8 heteroatoms. The van der Waals surface area contributed by atoms with Gasteiger partial charge in [0.2, 0.25) is 0 Å². The van der Waals surface area contributed by atoms with Crippen molar-refractivity contribution in [2.45, 2.75) is 51.2 Å². The van der Waals surface area contributed by atoms with Crippen LogP contribution in [0.3, 0.4) is 0 Å². The van der Waals surface area contributed by atoms with Crippen LogP contribution in [-0.2, 0) is 16.0 Å². The number of halogens is 2. The van der Waals surface area contributed by atoms with E-state index in [9.17, 15) is 18.4 Å². The number of benzene rings is 1. The summed E-state index contributed by atoms with van der Waals surface area (Å²) in [6, 6.07) is 10.5. The number of alkyl halides is 2. The van der Waals surface area contributed by atoms with Gasteiger partial charge in [0.15, 0.2) is 5.69 Å². The maximum absolute atomic E-state index is 13.1. The normalized spacial score (nSPS) is 25.6. The second kappa shape index (κ2) is 7.57. The molecule has 0 saturated carbocycles. The van der Waals surface area contributed by atoms with Gasteiger partial charge in [0.05, 0.1) is 12.0 Å². The monoisotopic (exact) mass is 403 g/mol. The number of nitrogens with zero attached hydrogens (tertiary/aromatic N) is 3. The standard InChI is InChI=1S/C21H23F2N3O3/c1-2-29-19(28)21(12-14-6-4-3-5-7-14)13-15-8-9-17(21)26(15)18(27)16-10-11-25(24-16)20(22)23/h3-7,10-11,15,17,20H,2,8-9,12-13H2,1H3/t15-,17+,21+/m1/s1. The first-order valence-electron chi connectivity index (χ1n) is 9.83. The zero-order chi connectivity index (χ0) is 20.6. The van der Waals surface area contributed by atoms with Crippen molar-refractivity contribution in [3.8, 4) is 0 Å². The maximum Gasteiger partial charge on any atom is 0.333 e. The Kier molecular flexibility index (Phi) is 5.10. The van der Waals surface area contributed by atoms with Crippen LogP contribution in [0.2, 0.25) is 0 Å². The lowest BCUT2D eigenvalue weighted by Gasteiger charge is -2.35. The highest BCUT2D eigenvalue weighted by atomic mass is 19.3. The molecule has 3 heterocycles. The van der Waals surface area contributed by atoms with Crippen LogP contribution in [0.5, 0.6) is 0 Å². The van der Waals surface area contributed by atoms with Crippen LogP contribution in [0.25, 0.3) is 0 Å². The van der Waals surface area contributed by atoms with Crippen molar-refractivity contribution in [1.29, 1.82) is 0 Å². The molecular formula is C21H23F2N3O3. The number of aromatic nitrogens is 2. The van der Waals surface area contributed by atoms with Gasteiger partial charge in [-0.2, -0.15) is 13.9 Å². The van der Waals surface area contributed by atoms with E-state index in [1.165, 1.54) is 6.07 Å². The Hall–Kier alpha value is -2.77. The van der Waals surface area contributed by atoms with Gasteiger partial charge in [-0.25, -0.2) is 4.68 Å². The Labute approximate surface area is 167 Å². The van der Waals surface area contributed by atoms with Crippen molar-refractivity contribution in [2.75, 3.05) is 6.61 Å². The van der Waals surface area contributed by atoms with Gasteiger partial charge in [-0.15, -0.1) is 0 Å². The van der Waals surface area contributed by atoms with Gasteiger partial charge in [-0.1, -0.05) is 30.3 Å². The third-order valence-electron chi connectivity index (χ3n) is 6.05. The van der Waals surface area contributed by atoms with E-state index in [0.717, 1.165) is 18.2 Å². The second-order valence-electron chi connectivity index (χ2n) is 7.66. The molecule has 0 aliphatic carbocycles. The van der Waals surface area contributed by atoms with Gasteiger partial charge in [-0.3, -0.25) is 9.59 Å². The summed E-state index contributed by atoms with van der Waals surface area (Å²) in [7, 11) is 0. The first kappa shape index (κ1) is 19.5. The number of carbonyl (C=O) groups excluding carboxylic acids is 2. The molecule has 1 amide bonds. The fraction of sp³-hybridized carbons (Fsp3) is 0.476. The fourth-order valence-corrected chi connectivity index (χ4v) is 4.90. The van der Waals surface area contributed by atoms with E-state index in [-0.39, 0.29) is 30.4 Å². The number of rotatable bonds is 6. The molecule has 6 nitrogen and oxygen atoms in total. The van der Waals surface area contributed by atoms with E-state index in [1.807, 2.05) is 30.3 Å². The van der Waals surface area contributed by atoms with E-state index in [4.69, 9.17) is 4.74 Å². The maximum atomic E-state index is 13.1. The number of carbonyl (C=O) groups is 2. The lowest BCUT2D eigenvalue weighted by molar-refractivity contribution is -0.157. The summed E-state index contributed by atoms with van der Waals surface area (Å²) >= 11 is 0. The summed E-state index contributed by atoms with van der Waals surface area (Å²) in [5.41, 5.74) is 0.144. The minimum atomic E-state index is -2.80. The average molecular weight is 403 g/mol. The SMILES string of the molecule is CCOC(=O)[C@@]1(Cc2ccccc2)C[C@H]2CC[C@@H]1N2C(=O)c1ccn(C(F)F)n1. The van der Waals surface area contributed by atoms with E-state index >= 15 is 0 Å². The van der Waals surface area contributed by atoms with Crippen molar-refractivity contribution in [1.82, 2.24) is 14.7 Å². The summed E-state index contributed by atoms with van der Waals surface area (Å²) < 4.78 is 31.6. The lowest BCUT2D eigenvalue weighted by Crippen LogP contribution is -2.47. The van der Waals surface area contributed by atoms with Crippen molar-refractivity contribution in [3.05, 3.63) is 53.9 Å². The van der Waals surface area contributed by atoms with Crippen LogP contribution in [0.15, 0.2) is 42.6 Å². The number of esters is 1. The molecule has 3 atom stereocenters. The highest BCUT2D eigenvalue weighted by Gasteiger charge is 2.62. The van der Waals surface area contributed by atoms with Crippen molar-refractivity contribution >= 4 is 11.9 Å². The quantitative estimate of drug-likeness (QED) is 0.693. The lowest BCUT2D eigenvalue weighted by atomic mass is 9.70. The zero-order valence-corrected chi connectivity index (χ0v) is 16.1. The third kappa shape index (κ3) is 3.30. The van der Waals surface area contributed by atoms with E-state index in [2.05, 4.69) is 5.10 Å². The summed E-state index contributed by atoms with van der Waals surface area (Å²) in [5.74, 6) is -0.705. The highest BCUT2D eigenvalue weighted by molar-refractivity contribution is 5.94. The second-order valence-corrected chi connectivity index (χ2v) is 7.66. The molecule has 0 radical (unpaired) electrons. The molecule has 2 saturated heterocycles. The summed E-state index contributed by atoms with van der Waals surface area (Å²) in [4.78, 5) is 27.9. The first-order chi connectivity index (χ1) is 14.0. The van der Waals surface area contributed by atoms with Crippen LogP contribution < -0.4 is 0 Å². The van der Waals surface area contributed by atoms with E-state index in [1.54, 1.807) is 11.8 Å². The Morgan fingerprint density at radius 1 is 1.24 bits per heavy atom. The molecule has 1 aromatic carbocycles. The largest absolute Gasteiger partial charge is 0.465 e. The van der Waals surface area contributed by atoms with Crippen LogP contribution in [0, 0.1) is 5.41 Å². The van der Waals surface area contributed by atoms with Crippen LogP contribution in [-0.4, -0.2) is 45.2 Å². The molecule has 154 valence electrons. The molecule has 2 bridgehead atoms. The van der Waals surface area contributed by atoms with Gasteiger partial charge < -0.3 is 9.64 Å². The minimum Gasteiger partial charge on any atom is -0.465 e. The van der Waals surface area contributed by atoms with Gasteiger partial charge in [0, 0.05) is 18.3 Å². The van der Waals surface area contributed by atoms with Crippen molar-refractivity contribution in [3.63, 3.8) is 0 Å². The first-order valence-corrected chi connectivity index (χ1v) is 9.83. The van der Waals surface area contributed by atoms with Gasteiger partial charge in [0.25, 0.3) is 5.91 Å². The molecule has 2 fully saturated rings. The molecular weight excluding hydrogens is 380 g/mol. The Morgan fingerprint density at radius 2 is 2.00 bits per heavy atom. The molecule has 29 heavy (non-hydrogen) atoms. The van der Waals surface area contributed by atoms with E-state index < -0.39 is 17.9 Å². The minimum absolute atomic E-state index is 0.0263. The molecule has 2 aliphatic heterocycles. The molecule has 0 unspecified atom stereocenters. The van der Waals surface area contributed by atoms with Gasteiger partial charge in [0.1, 0.15) is 0 Å².